The van der Waals surface area contributed by atoms with Crippen molar-refractivity contribution in [1.82, 2.24) is 10.2 Å². The molecular weight excluding hydrogens is 324 g/mol. The Morgan fingerprint density at radius 3 is 2.19 bits per heavy atom. The third-order valence-electron chi connectivity index (χ3n) is 4.88. The van der Waals surface area contributed by atoms with Gasteiger partial charge in [0.25, 0.3) is 0 Å². The van der Waals surface area contributed by atoms with Gasteiger partial charge >= 0.3 is 0 Å². The molecule has 1 heterocycles. The van der Waals surface area contributed by atoms with Gasteiger partial charge in [-0.3, -0.25) is 9.69 Å². The van der Waals surface area contributed by atoms with Crippen LogP contribution >= 0.6 is 0 Å². The van der Waals surface area contributed by atoms with Crippen molar-refractivity contribution >= 4 is 5.91 Å². The Balaban J connectivity index is 1.68. The first-order chi connectivity index (χ1) is 12.6. The van der Waals surface area contributed by atoms with Crippen LogP contribution < -0.4 is 5.32 Å². The molecule has 0 bridgehead atoms. The molecule has 0 radical (unpaired) electrons. The van der Waals surface area contributed by atoms with E-state index >= 15 is 0 Å². The lowest BCUT2D eigenvalue weighted by atomic mass is 9.98. The van der Waals surface area contributed by atoms with Gasteiger partial charge in [0.05, 0.1) is 25.2 Å². The summed E-state index contributed by atoms with van der Waals surface area (Å²) >= 11 is 0. The largest absolute Gasteiger partial charge is 0.375 e. The number of carbonyl (C=O) groups excluding carboxylic acids is 1. The van der Waals surface area contributed by atoms with E-state index in [1.54, 1.807) is 0 Å². The van der Waals surface area contributed by atoms with E-state index in [4.69, 9.17) is 4.74 Å². The van der Waals surface area contributed by atoms with Crippen LogP contribution in [-0.4, -0.2) is 42.6 Å². The van der Waals surface area contributed by atoms with Crippen LogP contribution in [0.2, 0.25) is 0 Å². The minimum absolute atomic E-state index is 0.0262. The predicted octanol–water partition coefficient (Wildman–Crippen LogP) is 3.39. The first-order valence-corrected chi connectivity index (χ1v) is 9.38. The van der Waals surface area contributed by atoms with Crippen molar-refractivity contribution in [2.45, 2.75) is 38.5 Å². The molecule has 2 aromatic carbocycles. The second-order valence-electron chi connectivity index (χ2n) is 7.11. The summed E-state index contributed by atoms with van der Waals surface area (Å²) in [6.07, 6.45) is 0.345. The SMILES string of the molecule is CC(C)N1CCO[C@H](CC(=O)NC(c2ccccc2)c2ccccc2)C1. The van der Waals surface area contributed by atoms with Crippen molar-refractivity contribution < 1.29 is 9.53 Å². The van der Waals surface area contributed by atoms with E-state index in [-0.39, 0.29) is 18.1 Å². The fraction of sp³-hybridized carbons (Fsp3) is 0.409. The lowest BCUT2D eigenvalue weighted by Crippen LogP contribution is -2.47. The highest BCUT2D eigenvalue weighted by Gasteiger charge is 2.25. The topological polar surface area (TPSA) is 41.6 Å². The molecule has 4 heteroatoms. The average Bonchev–Trinajstić information content (AvgIpc) is 2.67. The number of benzene rings is 2. The lowest BCUT2D eigenvalue weighted by molar-refractivity contribution is -0.127. The molecule has 1 saturated heterocycles. The van der Waals surface area contributed by atoms with E-state index in [0.717, 1.165) is 24.2 Å². The van der Waals surface area contributed by atoms with Gasteiger partial charge in [-0.05, 0) is 25.0 Å². The van der Waals surface area contributed by atoms with E-state index < -0.39 is 0 Å². The van der Waals surface area contributed by atoms with Gasteiger partial charge in [0, 0.05) is 19.1 Å². The molecule has 1 N–H and O–H groups in total. The molecule has 0 unspecified atom stereocenters. The van der Waals surface area contributed by atoms with E-state index in [1.807, 2.05) is 36.4 Å². The Morgan fingerprint density at radius 2 is 1.65 bits per heavy atom. The van der Waals surface area contributed by atoms with Gasteiger partial charge < -0.3 is 10.1 Å². The summed E-state index contributed by atoms with van der Waals surface area (Å²) in [4.78, 5) is 15.1. The number of nitrogens with zero attached hydrogens (tertiary/aromatic N) is 1. The summed E-state index contributed by atoms with van der Waals surface area (Å²) in [5.41, 5.74) is 2.17. The van der Waals surface area contributed by atoms with Crippen molar-refractivity contribution in [2.24, 2.45) is 0 Å². The number of nitrogens with one attached hydrogen (secondary N) is 1. The molecule has 0 aromatic heterocycles. The number of ether oxygens (including phenoxy) is 1. The van der Waals surface area contributed by atoms with Crippen LogP contribution in [0.3, 0.4) is 0 Å². The molecule has 26 heavy (non-hydrogen) atoms. The third-order valence-corrected chi connectivity index (χ3v) is 4.88. The summed E-state index contributed by atoms with van der Waals surface area (Å²) in [5, 5.41) is 3.20. The highest BCUT2D eigenvalue weighted by Crippen LogP contribution is 2.22. The van der Waals surface area contributed by atoms with Crippen LogP contribution in [0, 0.1) is 0 Å². The Kier molecular flexibility index (Phi) is 6.42. The summed E-state index contributed by atoms with van der Waals surface area (Å²) in [5.74, 6) is 0.0262. The molecule has 1 amide bonds. The van der Waals surface area contributed by atoms with Gasteiger partial charge in [-0.15, -0.1) is 0 Å². The van der Waals surface area contributed by atoms with E-state index in [2.05, 4.69) is 48.3 Å². The third kappa shape index (κ3) is 4.93. The highest BCUT2D eigenvalue weighted by molar-refractivity contribution is 5.77. The number of amides is 1. The second kappa shape index (κ2) is 8.97. The van der Waals surface area contributed by atoms with Crippen LogP contribution in [0.15, 0.2) is 60.7 Å². The summed E-state index contributed by atoms with van der Waals surface area (Å²) in [6, 6.07) is 20.5. The van der Waals surface area contributed by atoms with E-state index in [9.17, 15) is 4.79 Å². The molecule has 1 fully saturated rings. The van der Waals surface area contributed by atoms with Crippen molar-refractivity contribution in [3.63, 3.8) is 0 Å². The quantitative estimate of drug-likeness (QED) is 0.866. The maximum atomic E-state index is 12.7. The molecule has 0 saturated carbocycles. The van der Waals surface area contributed by atoms with Crippen LogP contribution in [0.25, 0.3) is 0 Å². The minimum Gasteiger partial charge on any atom is -0.375 e. The molecule has 1 aliphatic rings. The maximum absolute atomic E-state index is 12.7. The van der Waals surface area contributed by atoms with E-state index in [0.29, 0.717) is 19.1 Å². The van der Waals surface area contributed by atoms with Crippen molar-refractivity contribution in [3.05, 3.63) is 71.8 Å². The number of hydrogen-bond acceptors (Lipinski definition) is 3. The van der Waals surface area contributed by atoms with Crippen LogP contribution in [0.4, 0.5) is 0 Å². The highest BCUT2D eigenvalue weighted by atomic mass is 16.5. The zero-order valence-corrected chi connectivity index (χ0v) is 15.6. The molecular formula is C22H28N2O2. The van der Waals surface area contributed by atoms with Gasteiger partial charge in [-0.1, -0.05) is 60.7 Å². The molecule has 138 valence electrons. The maximum Gasteiger partial charge on any atom is 0.223 e. The van der Waals surface area contributed by atoms with Crippen LogP contribution in [0.5, 0.6) is 0 Å². The molecule has 3 rings (SSSR count). The van der Waals surface area contributed by atoms with Crippen LogP contribution in [-0.2, 0) is 9.53 Å². The zero-order valence-electron chi connectivity index (χ0n) is 15.6. The number of hydrogen-bond donors (Lipinski definition) is 1. The molecule has 2 aromatic rings. The van der Waals surface area contributed by atoms with Crippen molar-refractivity contribution in [3.8, 4) is 0 Å². The van der Waals surface area contributed by atoms with Gasteiger partial charge in [0.15, 0.2) is 0 Å². The fourth-order valence-corrected chi connectivity index (χ4v) is 3.41. The summed E-state index contributed by atoms with van der Waals surface area (Å²) < 4.78 is 5.82. The average molecular weight is 352 g/mol. The predicted molar refractivity (Wildman–Crippen MR) is 104 cm³/mol. The first-order valence-electron chi connectivity index (χ1n) is 9.38. The molecule has 1 atom stereocenters. The zero-order chi connectivity index (χ0) is 18.4. The van der Waals surface area contributed by atoms with E-state index in [1.165, 1.54) is 0 Å². The van der Waals surface area contributed by atoms with Crippen LogP contribution in [0.1, 0.15) is 37.4 Å². The Hall–Kier alpha value is -2.17. The Labute approximate surface area is 156 Å². The minimum atomic E-state index is -0.144. The van der Waals surface area contributed by atoms with Gasteiger partial charge in [0.1, 0.15) is 0 Å². The first kappa shape index (κ1) is 18.6. The molecule has 0 aliphatic carbocycles. The second-order valence-corrected chi connectivity index (χ2v) is 7.11. The standard InChI is InChI=1S/C22H28N2O2/c1-17(2)24-13-14-26-20(16-24)15-21(25)23-22(18-9-5-3-6-10-18)19-11-7-4-8-12-19/h3-12,17,20,22H,13-16H2,1-2H3,(H,23,25)/t20-/m1/s1. The fourth-order valence-electron chi connectivity index (χ4n) is 3.41. The van der Waals surface area contributed by atoms with Crippen molar-refractivity contribution in [2.75, 3.05) is 19.7 Å². The molecule has 0 spiro atoms. The summed E-state index contributed by atoms with van der Waals surface area (Å²) in [6.45, 7) is 6.81. The lowest BCUT2D eigenvalue weighted by Gasteiger charge is -2.35. The summed E-state index contributed by atoms with van der Waals surface area (Å²) in [7, 11) is 0. The molecule has 4 nitrogen and oxygen atoms in total. The Bertz CT molecular complexity index is 648. The van der Waals surface area contributed by atoms with Gasteiger partial charge in [-0.2, -0.15) is 0 Å². The smallest absolute Gasteiger partial charge is 0.223 e. The van der Waals surface area contributed by atoms with Crippen molar-refractivity contribution in [1.29, 1.82) is 0 Å². The molecule has 1 aliphatic heterocycles. The monoisotopic (exact) mass is 352 g/mol. The number of rotatable bonds is 6. The number of carbonyl (C=O) groups is 1. The Morgan fingerprint density at radius 1 is 1.08 bits per heavy atom. The number of morpholine rings is 1. The van der Waals surface area contributed by atoms with Gasteiger partial charge in [-0.25, -0.2) is 0 Å². The van der Waals surface area contributed by atoms with Gasteiger partial charge in [0.2, 0.25) is 5.91 Å². The normalized spacial score (nSPS) is 18.2.